The lowest BCUT2D eigenvalue weighted by atomic mass is 10.2. The number of hydrogen-bond donors (Lipinski definition) is 2. The van der Waals surface area contributed by atoms with Crippen molar-refractivity contribution in [3.05, 3.63) is 40.9 Å². The number of aromatic nitrogens is 2. The van der Waals surface area contributed by atoms with E-state index in [4.69, 9.17) is 0 Å². The van der Waals surface area contributed by atoms with Crippen molar-refractivity contribution in [1.82, 2.24) is 15.5 Å². The average molecular weight is 304 g/mol. The van der Waals surface area contributed by atoms with Crippen LogP contribution < -0.4 is 10.6 Å². The highest BCUT2D eigenvalue weighted by Crippen LogP contribution is 2.13. The van der Waals surface area contributed by atoms with Gasteiger partial charge in [0.05, 0.1) is 0 Å². The minimum absolute atomic E-state index is 0.125. The summed E-state index contributed by atoms with van der Waals surface area (Å²) >= 11 is 1.33. The van der Waals surface area contributed by atoms with Gasteiger partial charge in [-0.2, -0.15) is 0 Å². The maximum absolute atomic E-state index is 11.8. The van der Waals surface area contributed by atoms with E-state index in [-0.39, 0.29) is 11.8 Å². The number of rotatable bonds is 6. The summed E-state index contributed by atoms with van der Waals surface area (Å²) in [5.41, 5.74) is 0.617. The molecule has 0 aliphatic heterocycles. The van der Waals surface area contributed by atoms with Crippen molar-refractivity contribution in [2.45, 2.75) is 19.8 Å². The quantitative estimate of drug-likeness (QED) is 0.799. The van der Waals surface area contributed by atoms with Gasteiger partial charge in [0.25, 0.3) is 5.91 Å². The van der Waals surface area contributed by atoms with Gasteiger partial charge in [-0.15, -0.1) is 10.2 Å². The van der Waals surface area contributed by atoms with Gasteiger partial charge in [-0.1, -0.05) is 29.5 Å². The van der Waals surface area contributed by atoms with Crippen molar-refractivity contribution < 1.29 is 9.59 Å². The second-order valence-corrected chi connectivity index (χ2v) is 5.58. The molecule has 2 aromatic rings. The van der Waals surface area contributed by atoms with Crippen molar-refractivity contribution in [3.8, 4) is 0 Å². The van der Waals surface area contributed by atoms with Crippen LogP contribution in [-0.4, -0.2) is 28.6 Å². The van der Waals surface area contributed by atoms with Crippen LogP contribution in [0.25, 0.3) is 0 Å². The van der Waals surface area contributed by atoms with Crippen LogP contribution in [0.3, 0.4) is 0 Å². The number of aryl methyl sites for hydroxylation is 1. The van der Waals surface area contributed by atoms with Gasteiger partial charge in [0, 0.05) is 18.5 Å². The van der Waals surface area contributed by atoms with E-state index in [9.17, 15) is 9.59 Å². The van der Waals surface area contributed by atoms with Gasteiger partial charge in [0.2, 0.25) is 11.0 Å². The van der Waals surface area contributed by atoms with E-state index in [0.29, 0.717) is 30.1 Å². The zero-order valence-electron chi connectivity index (χ0n) is 11.6. The lowest BCUT2D eigenvalue weighted by Crippen LogP contribution is -2.25. The Morgan fingerprint density at radius 1 is 1.19 bits per heavy atom. The van der Waals surface area contributed by atoms with Crippen LogP contribution in [-0.2, 0) is 4.79 Å². The standard InChI is InChI=1S/C14H16N4O2S/c1-10-17-18-14(21-10)16-12(19)8-5-9-15-13(20)11-6-3-2-4-7-11/h2-4,6-7H,5,8-9H2,1H3,(H,15,20)(H,16,18,19). The number of nitrogens with zero attached hydrogens (tertiary/aromatic N) is 2. The molecular formula is C14H16N4O2S. The highest BCUT2D eigenvalue weighted by molar-refractivity contribution is 7.15. The number of hydrogen-bond acceptors (Lipinski definition) is 5. The minimum Gasteiger partial charge on any atom is -0.352 e. The Hall–Kier alpha value is -2.28. The monoisotopic (exact) mass is 304 g/mol. The van der Waals surface area contributed by atoms with E-state index < -0.39 is 0 Å². The molecule has 0 radical (unpaired) electrons. The van der Waals surface area contributed by atoms with Gasteiger partial charge >= 0.3 is 0 Å². The zero-order chi connectivity index (χ0) is 15.1. The molecule has 1 aromatic carbocycles. The van der Waals surface area contributed by atoms with Gasteiger partial charge in [0.1, 0.15) is 5.01 Å². The predicted octanol–water partition coefficient (Wildman–Crippen LogP) is 2.00. The maximum Gasteiger partial charge on any atom is 0.251 e. The summed E-state index contributed by atoms with van der Waals surface area (Å²) in [5, 5.41) is 14.4. The molecule has 1 heterocycles. The van der Waals surface area contributed by atoms with Crippen LogP contribution in [0, 0.1) is 6.92 Å². The van der Waals surface area contributed by atoms with Gasteiger partial charge in [-0.25, -0.2) is 0 Å². The molecule has 0 saturated carbocycles. The van der Waals surface area contributed by atoms with E-state index in [2.05, 4.69) is 20.8 Å². The van der Waals surface area contributed by atoms with Crippen LogP contribution in [0.4, 0.5) is 5.13 Å². The number of amides is 2. The molecule has 2 N–H and O–H groups in total. The summed E-state index contributed by atoms with van der Waals surface area (Å²) in [4.78, 5) is 23.4. The summed E-state index contributed by atoms with van der Waals surface area (Å²) in [7, 11) is 0. The Kier molecular flexibility index (Phi) is 5.39. The third kappa shape index (κ3) is 4.96. The molecular weight excluding hydrogens is 288 g/mol. The second-order valence-electron chi connectivity index (χ2n) is 4.40. The van der Waals surface area contributed by atoms with Crippen LogP contribution in [0.15, 0.2) is 30.3 Å². The van der Waals surface area contributed by atoms with E-state index in [1.807, 2.05) is 25.1 Å². The third-order valence-corrected chi connectivity index (χ3v) is 3.43. The molecule has 2 amide bonds. The first-order valence-electron chi connectivity index (χ1n) is 6.58. The fraction of sp³-hybridized carbons (Fsp3) is 0.286. The van der Waals surface area contributed by atoms with Crippen LogP contribution in [0.2, 0.25) is 0 Å². The number of carbonyl (C=O) groups excluding carboxylic acids is 2. The summed E-state index contributed by atoms with van der Waals surface area (Å²) in [5.74, 6) is -0.254. The summed E-state index contributed by atoms with van der Waals surface area (Å²) < 4.78 is 0. The van der Waals surface area contributed by atoms with E-state index in [0.717, 1.165) is 5.01 Å². The van der Waals surface area contributed by atoms with E-state index >= 15 is 0 Å². The smallest absolute Gasteiger partial charge is 0.251 e. The first-order valence-corrected chi connectivity index (χ1v) is 7.40. The molecule has 7 heteroatoms. The van der Waals surface area contributed by atoms with Crippen molar-refractivity contribution in [2.75, 3.05) is 11.9 Å². The molecule has 0 fully saturated rings. The molecule has 0 aliphatic rings. The number of nitrogens with one attached hydrogen (secondary N) is 2. The average Bonchev–Trinajstić information content (AvgIpc) is 2.89. The van der Waals surface area contributed by atoms with Gasteiger partial charge in [-0.05, 0) is 25.5 Å². The minimum atomic E-state index is -0.129. The Morgan fingerprint density at radius 3 is 2.62 bits per heavy atom. The van der Waals surface area contributed by atoms with Crippen molar-refractivity contribution in [1.29, 1.82) is 0 Å². The topological polar surface area (TPSA) is 84.0 Å². The highest BCUT2D eigenvalue weighted by Gasteiger charge is 2.07. The van der Waals surface area contributed by atoms with Gasteiger partial charge in [-0.3, -0.25) is 9.59 Å². The number of carbonyl (C=O) groups is 2. The molecule has 1 aromatic heterocycles. The summed E-state index contributed by atoms with van der Waals surface area (Å²) in [6, 6.07) is 8.98. The first kappa shape index (κ1) is 15.1. The zero-order valence-corrected chi connectivity index (χ0v) is 12.4. The summed E-state index contributed by atoms with van der Waals surface area (Å²) in [6.45, 7) is 2.28. The van der Waals surface area contributed by atoms with Gasteiger partial charge in [0.15, 0.2) is 0 Å². The Bertz CT molecular complexity index is 612. The summed E-state index contributed by atoms with van der Waals surface area (Å²) in [6.07, 6.45) is 0.899. The SMILES string of the molecule is Cc1nnc(NC(=O)CCCNC(=O)c2ccccc2)s1. The Labute approximate surface area is 126 Å². The largest absolute Gasteiger partial charge is 0.352 e. The molecule has 21 heavy (non-hydrogen) atoms. The molecule has 0 spiro atoms. The Balaban J connectivity index is 1.65. The first-order chi connectivity index (χ1) is 10.1. The van der Waals surface area contributed by atoms with Crippen molar-refractivity contribution >= 4 is 28.3 Å². The molecule has 0 aliphatic carbocycles. The molecule has 6 nitrogen and oxygen atoms in total. The third-order valence-electron chi connectivity index (χ3n) is 2.67. The Morgan fingerprint density at radius 2 is 1.95 bits per heavy atom. The van der Waals surface area contributed by atoms with Crippen molar-refractivity contribution in [2.24, 2.45) is 0 Å². The van der Waals surface area contributed by atoms with Gasteiger partial charge < -0.3 is 10.6 Å². The van der Waals surface area contributed by atoms with Crippen LogP contribution >= 0.6 is 11.3 Å². The number of benzene rings is 1. The fourth-order valence-corrected chi connectivity index (χ4v) is 2.28. The molecule has 0 atom stereocenters. The lowest BCUT2D eigenvalue weighted by molar-refractivity contribution is -0.116. The van der Waals surface area contributed by atoms with E-state index in [1.54, 1.807) is 12.1 Å². The highest BCUT2D eigenvalue weighted by atomic mass is 32.1. The van der Waals surface area contributed by atoms with Crippen LogP contribution in [0.5, 0.6) is 0 Å². The second kappa shape index (κ2) is 7.49. The molecule has 0 unspecified atom stereocenters. The van der Waals surface area contributed by atoms with E-state index in [1.165, 1.54) is 11.3 Å². The maximum atomic E-state index is 11.8. The fourth-order valence-electron chi connectivity index (χ4n) is 1.67. The molecule has 2 rings (SSSR count). The normalized spacial score (nSPS) is 10.1. The molecule has 110 valence electrons. The van der Waals surface area contributed by atoms with Crippen molar-refractivity contribution in [3.63, 3.8) is 0 Å². The lowest BCUT2D eigenvalue weighted by Gasteiger charge is -2.05. The molecule has 0 bridgehead atoms. The number of anilines is 1. The molecule has 0 saturated heterocycles. The predicted molar refractivity (Wildman–Crippen MR) is 81.3 cm³/mol. The van der Waals surface area contributed by atoms with Crippen LogP contribution in [0.1, 0.15) is 28.2 Å².